The molecule has 0 heterocycles. The summed E-state index contributed by atoms with van der Waals surface area (Å²) in [4.78, 5) is 0. The topological polar surface area (TPSA) is 9.23 Å². The summed E-state index contributed by atoms with van der Waals surface area (Å²) in [5.41, 5.74) is 4.13. The highest BCUT2D eigenvalue weighted by atomic mass is 16.5. The lowest BCUT2D eigenvalue weighted by atomic mass is 9.99. The molecule has 70 valence electrons. The van der Waals surface area contributed by atoms with Crippen LogP contribution in [-0.4, -0.2) is 7.11 Å². The van der Waals surface area contributed by atoms with Crippen molar-refractivity contribution < 1.29 is 4.74 Å². The lowest BCUT2D eigenvalue weighted by molar-refractivity contribution is 0.0784. The van der Waals surface area contributed by atoms with E-state index in [4.69, 9.17) is 4.74 Å². The molecule has 1 nitrogen and oxygen atoms in total. The molecule has 0 unspecified atom stereocenters. The summed E-state index contributed by atoms with van der Waals surface area (Å²) in [6, 6.07) is 6.61. The lowest BCUT2D eigenvalue weighted by Crippen LogP contribution is -2.10. The van der Waals surface area contributed by atoms with Crippen LogP contribution in [0.25, 0.3) is 0 Å². The van der Waals surface area contributed by atoms with Gasteiger partial charge >= 0.3 is 0 Å². The van der Waals surface area contributed by atoms with Crippen LogP contribution in [0.4, 0.5) is 0 Å². The molecule has 13 heavy (non-hydrogen) atoms. The molecule has 1 aliphatic rings. The molecule has 1 aromatic rings. The van der Waals surface area contributed by atoms with E-state index in [2.05, 4.69) is 32.0 Å². The molecule has 1 aliphatic carbocycles. The zero-order chi connectivity index (χ0) is 9.47. The smallest absolute Gasteiger partial charge is 0.0932 e. The Morgan fingerprint density at radius 2 is 1.92 bits per heavy atom. The van der Waals surface area contributed by atoms with Crippen molar-refractivity contribution >= 4 is 0 Å². The number of methoxy groups -OCH3 is 1. The van der Waals surface area contributed by atoms with Crippen LogP contribution in [0.2, 0.25) is 0 Å². The summed E-state index contributed by atoms with van der Waals surface area (Å²) >= 11 is 0. The normalized spacial score (nSPS) is 18.7. The molecule has 0 atom stereocenters. The SMILES string of the molecule is COC1(c2ccc(C)cc2C)CC1. The lowest BCUT2D eigenvalue weighted by Gasteiger charge is -2.16. The van der Waals surface area contributed by atoms with E-state index in [9.17, 15) is 0 Å². The van der Waals surface area contributed by atoms with E-state index in [0.29, 0.717) is 0 Å². The maximum atomic E-state index is 5.56. The van der Waals surface area contributed by atoms with Crippen molar-refractivity contribution in [3.8, 4) is 0 Å². The van der Waals surface area contributed by atoms with Gasteiger partial charge in [0.1, 0.15) is 0 Å². The first-order valence-electron chi connectivity index (χ1n) is 4.81. The van der Waals surface area contributed by atoms with Crippen LogP contribution in [0.1, 0.15) is 29.5 Å². The maximum absolute atomic E-state index is 5.56. The first kappa shape index (κ1) is 8.76. The molecule has 2 rings (SSSR count). The molecule has 0 bridgehead atoms. The fraction of sp³-hybridized carbons (Fsp3) is 0.500. The van der Waals surface area contributed by atoms with E-state index in [0.717, 1.165) is 0 Å². The molecule has 0 aromatic heterocycles. The molecule has 0 amide bonds. The van der Waals surface area contributed by atoms with Gasteiger partial charge in [-0.05, 0) is 37.8 Å². The van der Waals surface area contributed by atoms with Gasteiger partial charge in [0.05, 0.1) is 5.60 Å². The highest BCUT2D eigenvalue weighted by molar-refractivity contribution is 5.37. The Labute approximate surface area is 79.7 Å². The maximum Gasteiger partial charge on any atom is 0.0932 e. The summed E-state index contributed by atoms with van der Waals surface area (Å²) in [6.07, 6.45) is 2.35. The summed E-state index contributed by atoms with van der Waals surface area (Å²) < 4.78 is 5.56. The zero-order valence-corrected chi connectivity index (χ0v) is 8.55. The van der Waals surface area contributed by atoms with E-state index >= 15 is 0 Å². The molecule has 1 aromatic carbocycles. The molecule has 0 radical (unpaired) electrons. The van der Waals surface area contributed by atoms with Gasteiger partial charge in [0, 0.05) is 7.11 Å². The fourth-order valence-corrected chi connectivity index (χ4v) is 2.02. The van der Waals surface area contributed by atoms with E-state index < -0.39 is 0 Å². The monoisotopic (exact) mass is 176 g/mol. The van der Waals surface area contributed by atoms with Crippen LogP contribution < -0.4 is 0 Å². The van der Waals surface area contributed by atoms with E-state index in [-0.39, 0.29) is 5.60 Å². The Hall–Kier alpha value is -0.820. The quantitative estimate of drug-likeness (QED) is 0.673. The summed E-state index contributed by atoms with van der Waals surface area (Å²) in [5.74, 6) is 0. The van der Waals surface area contributed by atoms with Crippen molar-refractivity contribution in [1.29, 1.82) is 0 Å². The summed E-state index contributed by atoms with van der Waals surface area (Å²) in [6.45, 7) is 4.30. The van der Waals surface area contributed by atoms with Crippen molar-refractivity contribution in [2.75, 3.05) is 7.11 Å². The Morgan fingerprint density at radius 1 is 1.23 bits per heavy atom. The van der Waals surface area contributed by atoms with Crippen molar-refractivity contribution in [3.05, 3.63) is 34.9 Å². The molecule has 1 fully saturated rings. The minimum atomic E-state index is 0.0672. The second kappa shape index (κ2) is 2.85. The third kappa shape index (κ3) is 1.37. The Balaban J connectivity index is 2.41. The average molecular weight is 176 g/mol. The average Bonchev–Trinajstić information content (AvgIpc) is 2.85. The minimum Gasteiger partial charge on any atom is -0.374 e. The predicted molar refractivity (Wildman–Crippen MR) is 53.8 cm³/mol. The van der Waals surface area contributed by atoms with Gasteiger partial charge in [0.2, 0.25) is 0 Å². The summed E-state index contributed by atoms with van der Waals surface area (Å²) in [7, 11) is 1.81. The standard InChI is InChI=1S/C12H16O/c1-9-4-5-11(10(2)8-9)12(13-3)6-7-12/h4-5,8H,6-7H2,1-3H3. The number of rotatable bonds is 2. The number of hydrogen-bond acceptors (Lipinski definition) is 1. The molecule has 1 heteroatoms. The molecule has 0 saturated heterocycles. The van der Waals surface area contributed by atoms with Crippen molar-refractivity contribution in [2.45, 2.75) is 32.3 Å². The Kier molecular flexibility index (Phi) is 1.92. The van der Waals surface area contributed by atoms with E-state index in [1.54, 1.807) is 0 Å². The van der Waals surface area contributed by atoms with Gasteiger partial charge in [-0.15, -0.1) is 0 Å². The molecule has 0 aliphatic heterocycles. The third-order valence-electron chi connectivity index (χ3n) is 2.97. The Bertz CT molecular complexity index is 324. The zero-order valence-electron chi connectivity index (χ0n) is 8.55. The van der Waals surface area contributed by atoms with Crippen molar-refractivity contribution in [1.82, 2.24) is 0 Å². The van der Waals surface area contributed by atoms with Gasteiger partial charge < -0.3 is 4.74 Å². The highest BCUT2D eigenvalue weighted by Crippen LogP contribution is 2.49. The van der Waals surface area contributed by atoms with Crippen LogP contribution in [0.15, 0.2) is 18.2 Å². The van der Waals surface area contributed by atoms with Gasteiger partial charge in [-0.3, -0.25) is 0 Å². The second-order valence-corrected chi connectivity index (χ2v) is 4.02. The summed E-state index contributed by atoms with van der Waals surface area (Å²) in [5, 5.41) is 0. The highest BCUT2D eigenvalue weighted by Gasteiger charge is 2.45. The van der Waals surface area contributed by atoms with Crippen LogP contribution in [0, 0.1) is 13.8 Å². The molecule has 1 saturated carbocycles. The van der Waals surface area contributed by atoms with Gasteiger partial charge in [-0.2, -0.15) is 0 Å². The number of benzene rings is 1. The van der Waals surface area contributed by atoms with E-state index in [1.165, 1.54) is 29.5 Å². The predicted octanol–water partition coefficient (Wildman–Crippen LogP) is 2.94. The van der Waals surface area contributed by atoms with Gasteiger partial charge in [0.25, 0.3) is 0 Å². The fourth-order valence-electron chi connectivity index (χ4n) is 2.02. The van der Waals surface area contributed by atoms with Crippen LogP contribution in [0.5, 0.6) is 0 Å². The first-order valence-corrected chi connectivity index (χ1v) is 4.81. The van der Waals surface area contributed by atoms with Crippen LogP contribution >= 0.6 is 0 Å². The molecular weight excluding hydrogens is 160 g/mol. The number of hydrogen-bond donors (Lipinski definition) is 0. The molecular formula is C12H16O. The van der Waals surface area contributed by atoms with Crippen molar-refractivity contribution in [2.24, 2.45) is 0 Å². The van der Waals surface area contributed by atoms with Crippen molar-refractivity contribution in [3.63, 3.8) is 0 Å². The molecule has 0 spiro atoms. The van der Waals surface area contributed by atoms with Gasteiger partial charge in [-0.25, -0.2) is 0 Å². The second-order valence-electron chi connectivity index (χ2n) is 4.02. The van der Waals surface area contributed by atoms with Crippen LogP contribution in [0.3, 0.4) is 0 Å². The molecule has 0 N–H and O–H groups in total. The number of aryl methyl sites for hydroxylation is 2. The third-order valence-corrected chi connectivity index (χ3v) is 2.97. The first-order chi connectivity index (χ1) is 6.18. The number of ether oxygens (including phenoxy) is 1. The largest absolute Gasteiger partial charge is 0.374 e. The van der Waals surface area contributed by atoms with Crippen LogP contribution in [-0.2, 0) is 10.3 Å². The van der Waals surface area contributed by atoms with E-state index in [1.807, 2.05) is 7.11 Å². The Morgan fingerprint density at radius 3 is 2.38 bits per heavy atom. The van der Waals surface area contributed by atoms with Gasteiger partial charge in [-0.1, -0.05) is 23.8 Å². The van der Waals surface area contributed by atoms with Gasteiger partial charge in [0.15, 0.2) is 0 Å². The minimum absolute atomic E-state index is 0.0672.